The number of esters is 1. The van der Waals surface area contributed by atoms with E-state index in [1.54, 1.807) is 12.1 Å². The number of methoxy groups -OCH3 is 1. The van der Waals surface area contributed by atoms with Crippen molar-refractivity contribution < 1.29 is 27.8 Å². The zero-order valence-electron chi connectivity index (χ0n) is 11.4. The fourth-order valence-corrected chi connectivity index (χ4v) is 2.29. The molecule has 1 heterocycles. The molecule has 1 unspecified atom stereocenters. The van der Waals surface area contributed by atoms with Crippen LogP contribution in [0.25, 0.3) is 0 Å². The summed E-state index contributed by atoms with van der Waals surface area (Å²) in [7, 11) is 1.28. The van der Waals surface area contributed by atoms with E-state index in [4.69, 9.17) is 0 Å². The number of alkyl halides is 2. The first kappa shape index (κ1) is 15.2. The number of benzene rings is 1. The molecular weight excluding hydrogens is 284 g/mol. The molecular formula is C14H15F2NO4. The zero-order valence-corrected chi connectivity index (χ0v) is 11.4. The Balaban J connectivity index is 2.01. The SMILES string of the molecule is COC(=O)C1CC(=O)N(Cc2cccc(OC(F)F)c2)C1. The van der Waals surface area contributed by atoms with Crippen molar-refractivity contribution in [2.24, 2.45) is 5.92 Å². The summed E-state index contributed by atoms with van der Waals surface area (Å²) in [5, 5.41) is 0. The quantitative estimate of drug-likeness (QED) is 0.778. The Morgan fingerprint density at radius 2 is 2.24 bits per heavy atom. The van der Waals surface area contributed by atoms with Crippen LogP contribution >= 0.6 is 0 Å². The summed E-state index contributed by atoms with van der Waals surface area (Å²) >= 11 is 0. The topological polar surface area (TPSA) is 55.8 Å². The molecule has 1 fully saturated rings. The molecule has 5 nitrogen and oxygen atoms in total. The van der Waals surface area contributed by atoms with Crippen molar-refractivity contribution in [2.45, 2.75) is 19.6 Å². The molecule has 0 bridgehead atoms. The number of ether oxygens (including phenoxy) is 2. The highest BCUT2D eigenvalue weighted by atomic mass is 19.3. The highest BCUT2D eigenvalue weighted by molar-refractivity contribution is 5.86. The minimum Gasteiger partial charge on any atom is -0.469 e. The van der Waals surface area contributed by atoms with E-state index in [1.165, 1.54) is 24.1 Å². The maximum atomic E-state index is 12.2. The van der Waals surface area contributed by atoms with Gasteiger partial charge in [0.05, 0.1) is 13.0 Å². The number of rotatable bonds is 5. The third kappa shape index (κ3) is 3.90. The van der Waals surface area contributed by atoms with E-state index in [9.17, 15) is 18.4 Å². The standard InChI is InChI=1S/C14H15F2NO4/c1-20-13(19)10-6-12(18)17(8-10)7-9-3-2-4-11(5-9)21-14(15)16/h2-5,10,14H,6-8H2,1H3. The molecule has 0 spiro atoms. The van der Waals surface area contributed by atoms with Gasteiger partial charge in [-0.1, -0.05) is 12.1 Å². The first-order chi connectivity index (χ1) is 9.99. The van der Waals surface area contributed by atoms with Gasteiger partial charge in [-0.25, -0.2) is 0 Å². The average molecular weight is 299 g/mol. The lowest BCUT2D eigenvalue weighted by molar-refractivity contribution is -0.145. The second-order valence-corrected chi connectivity index (χ2v) is 4.72. The lowest BCUT2D eigenvalue weighted by Crippen LogP contribution is -2.26. The third-order valence-corrected chi connectivity index (χ3v) is 3.25. The van der Waals surface area contributed by atoms with Crippen LogP contribution in [0, 0.1) is 5.92 Å². The average Bonchev–Trinajstić information content (AvgIpc) is 2.79. The van der Waals surface area contributed by atoms with E-state index < -0.39 is 18.5 Å². The maximum Gasteiger partial charge on any atom is 0.387 e. The summed E-state index contributed by atoms with van der Waals surface area (Å²) in [6, 6.07) is 6.14. The van der Waals surface area contributed by atoms with Gasteiger partial charge in [-0.05, 0) is 17.7 Å². The minimum atomic E-state index is -2.89. The van der Waals surface area contributed by atoms with Gasteiger partial charge in [-0.15, -0.1) is 0 Å². The van der Waals surface area contributed by atoms with Crippen LogP contribution in [0.4, 0.5) is 8.78 Å². The van der Waals surface area contributed by atoms with Crippen molar-refractivity contribution >= 4 is 11.9 Å². The molecule has 1 aliphatic heterocycles. The largest absolute Gasteiger partial charge is 0.469 e. The predicted octanol–water partition coefficient (Wildman–Crippen LogP) is 1.81. The van der Waals surface area contributed by atoms with Gasteiger partial charge in [0.25, 0.3) is 0 Å². The van der Waals surface area contributed by atoms with Crippen LogP contribution in [0.15, 0.2) is 24.3 Å². The fourth-order valence-electron chi connectivity index (χ4n) is 2.29. The summed E-state index contributed by atoms with van der Waals surface area (Å²) in [5.74, 6) is -1.01. The monoisotopic (exact) mass is 299 g/mol. The Kier molecular flexibility index (Phi) is 4.72. The first-order valence-corrected chi connectivity index (χ1v) is 6.39. The van der Waals surface area contributed by atoms with Crippen LogP contribution in [0.3, 0.4) is 0 Å². The van der Waals surface area contributed by atoms with Crippen molar-refractivity contribution in [3.05, 3.63) is 29.8 Å². The molecule has 7 heteroatoms. The first-order valence-electron chi connectivity index (χ1n) is 6.39. The normalized spacial score (nSPS) is 18.2. The molecule has 1 aliphatic rings. The van der Waals surface area contributed by atoms with Gasteiger partial charge in [0, 0.05) is 19.5 Å². The van der Waals surface area contributed by atoms with Crippen molar-refractivity contribution in [3.8, 4) is 5.75 Å². The minimum absolute atomic E-state index is 0.0404. The molecule has 1 aromatic carbocycles. The third-order valence-electron chi connectivity index (χ3n) is 3.25. The van der Waals surface area contributed by atoms with Crippen LogP contribution in [-0.4, -0.2) is 37.0 Å². The van der Waals surface area contributed by atoms with Crippen LogP contribution in [0.5, 0.6) is 5.75 Å². The van der Waals surface area contributed by atoms with Crippen LogP contribution in [0.1, 0.15) is 12.0 Å². The Hall–Kier alpha value is -2.18. The molecule has 114 valence electrons. The van der Waals surface area contributed by atoms with E-state index in [0.29, 0.717) is 5.56 Å². The Bertz CT molecular complexity index is 535. The number of nitrogens with zero attached hydrogens (tertiary/aromatic N) is 1. The number of likely N-dealkylation sites (tertiary alicyclic amines) is 1. The number of amides is 1. The smallest absolute Gasteiger partial charge is 0.387 e. The molecule has 1 atom stereocenters. The highest BCUT2D eigenvalue weighted by Crippen LogP contribution is 2.23. The molecule has 1 aromatic rings. The second-order valence-electron chi connectivity index (χ2n) is 4.72. The van der Waals surface area contributed by atoms with Gasteiger partial charge in [-0.3, -0.25) is 9.59 Å². The van der Waals surface area contributed by atoms with E-state index in [0.717, 1.165) is 0 Å². The summed E-state index contributed by atoms with van der Waals surface area (Å²) in [4.78, 5) is 24.8. The van der Waals surface area contributed by atoms with Gasteiger partial charge in [0.1, 0.15) is 5.75 Å². The number of carbonyl (C=O) groups is 2. The number of carbonyl (C=O) groups excluding carboxylic acids is 2. The summed E-state index contributed by atoms with van der Waals surface area (Å²) in [6.45, 7) is -2.38. The zero-order chi connectivity index (χ0) is 15.4. The van der Waals surface area contributed by atoms with Gasteiger partial charge in [-0.2, -0.15) is 8.78 Å². The number of hydrogen-bond donors (Lipinski definition) is 0. The Morgan fingerprint density at radius 1 is 1.48 bits per heavy atom. The molecule has 0 radical (unpaired) electrons. The molecule has 0 N–H and O–H groups in total. The highest BCUT2D eigenvalue weighted by Gasteiger charge is 2.34. The lowest BCUT2D eigenvalue weighted by Gasteiger charge is -2.17. The van der Waals surface area contributed by atoms with Gasteiger partial charge in [0.15, 0.2) is 0 Å². The molecule has 21 heavy (non-hydrogen) atoms. The predicted molar refractivity (Wildman–Crippen MR) is 68.6 cm³/mol. The van der Waals surface area contributed by atoms with Crippen LogP contribution in [0.2, 0.25) is 0 Å². The van der Waals surface area contributed by atoms with Crippen molar-refractivity contribution in [1.29, 1.82) is 0 Å². The number of halogens is 2. The van der Waals surface area contributed by atoms with E-state index in [1.807, 2.05) is 0 Å². The number of hydrogen-bond acceptors (Lipinski definition) is 4. The molecule has 0 aromatic heterocycles. The van der Waals surface area contributed by atoms with E-state index in [-0.39, 0.29) is 31.2 Å². The second kappa shape index (κ2) is 6.51. The molecule has 0 aliphatic carbocycles. The molecule has 0 saturated carbocycles. The molecule has 2 rings (SSSR count). The lowest BCUT2D eigenvalue weighted by atomic mass is 10.1. The van der Waals surface area contributed by atoms with Crippen molar-refractivity contribution in [2.75, 3.05) is 13.7 Å². The Morgan fingerprint density at radius 3 is 2.90 bits per heavy atom. The van der Waals surface area contributed by atoms with Crippen molar-refractivity contribution in [1.82, 2.24) is 4.90 Å². The van der Waals surface area contributed by atoms with Gasteiger partial charge >= 0.3 is 12.6 Å². The van der Waals surface area contributed by atoms with E-state index in [2.05, 4.69) is 9.47 Å². The Labute approximate surface area is 120 Å². The van der Waals surface area contributed by atoms with Gasteiger partial charge < -0.3 is 14.4 Å². The van der Waals surface area contributed by atoms with Crippen molar-refractivity contribution in [3.63, 3.8) is 0 Å². The van der Waals surface area contributed by atoms with E-state index >= 15 is 0 Å². The van der Waals surface area contributed by atoms with Crippen LogP contribution in [-0.2, 0) is 20.9 Å². The summed E-state index contributed by atoms with van der Waals surface area (Å²) < 4.78 is 33.3. The summed E-state index contributed by atoms with van der Waals surface area (Å²) in [6.07, 6.45) is 0.111. The maximum absolute atomic E-state index is 12.2. The van der Waals surface area contributed by atoms with Crippen LogP contribution < -0.4 is 4.74 Å². The molecule has 1 saturated heterocycles. The van der Waals surface area contributed by atoms with Gasteiger partial charge in [0.2, 0.25) is 5.91 Å². The fraction of sp³-hybridized carbons (Fsp3) is 0.429. The molecule has 1 amide bonds. The summed E-state index contributed by atoms with van der Waals surface area (Å²) in [5.41, 5.74) is 0.659.